The van der Waals surface area contributed by atoms with E-state index in [0.29, 0.717) is 10.6 Å². The number of aliphatic carboxylic acids is 1. The molecule has 0 saturated carbocycles. The van der Waals surface area contributed by atoms with Crippen LogP contribution in [0, 0.1) is 5.41 Å². The van der Waals surface area contributed by atoms with Crippen LogP contribution in [-0.2, 0) is 11.8 Å². The average Bonchev–Trinajstić information content (AvgIpc) is 2.69. The lowest BCUT2D eigenvalue weighted by molar-refractivity contribution is -0.137. The van der Waals surface area contributed by atoms with Gasteiger partial charge >= 0.3 is 5.97 Å². The van der Waals surface area contributed by atoms with Crippen LogP contribution >= 0.6 is 15.9 Å². The van der Waals surface area contributed by atoms with E-state index in [2.05, 4.69) is 31.2 Å². The monoisotopic (exact) mass is 354 g/mol. The third-order valence-corrected chi connectivity index (χ3v) is 3.79. The van der Waals surface area contributed by atoms with E-state index >= 15 is 0 Å². The molecular formula is C14H19BrN4O2. The molecule has 0 spiro atoms. The fourth-order valence-electron chi connectivity index (χ4n) is 2.13. The molecule has 0 fully saturated rings. The Morgan fingerprint density at radius 2 is 2.14 bits per heavy atom. The Hall–Kier alpha value is -1.63. The number of rotatable bonds is 4. The van der Waals surface area contributed by atoms with Gasteiger partial charge in [0, 0.05) is 19.3 Å². The van der Waals surface area contributed by atoms with Gasteiger partial charge in [0.15, 0.2) is 0 Å². The third kappa shape index (κ3) is 3.53. The number of halogens is 1. The molecule has 1 atom stereocenters. The van der Waals surface area contributed by atoms with Crippen molar-refractivity contribution < 1.29 is 9.90 Å². The summed E-state index contributed by atoms with van der Waals surface area (Å²) >= 11 is 3.30. The molecule has 0 aromatic carbocycles. The van der Waals surface area contributed by atoms with Gasteiger partial charge in [0.05, 0.1) is 11.8 Å². The Kier molecular flexibility index (Phi) is 4.22. The van der Waals surface area contributed by atoms with Crippen molar-refractivity contribution in [3.63, 3.8) is 0 Å². The van der Waals surface area contributed by atoms with Crippen molar-refractivity contribution in [1.82, 2.24) is 14.5 Å². The zero-order chi connectivity index (χ0) is 15.8. The maximum Gasteiger partial charge on any atom is 0.305 e. The summed E-state index contributed by atoms with van der Waals surface area (Å²) in [6, 6.07) is 1.69. The van der Waals surface area contributed by atoms with E-state index in [1.54, 1.807) is 0 Å². The predicted molar refractivity (Wildman–Crippen MR) is 85.3 cm³/mol. The van der Waals surface area contributed by atoms with Gasteiger partial charge in [-0.2, -0.15) is 0 Å². The average molecular weight is 355 g/mol. The molecule has 2 N–H and O–H groups in total. The van der Waals surface area contributed by atoms with Gasteiger partial charge in [-0.25, -0.2) is 9.97 Å². The van der Waals surface area contributed by atoms with Crippen molar-refractivity contribution in [3.8, 4) is 0 Å². The largest absolute Gasteiger partial charge is 0.481 e. The van der Waals surface area contributed by atoms with Gasteiger partial charge in [-0.1, -0.05) is 20.8 Å². The number of carboxylic acids is 1. The first-order valence-electron chi connectivity index (χ1n) is 6.65. The van der Waals surface area contributed by atoms with Crippen molar-refractivity contribution >= 4 is 38.8 Å². The molecule has 2 aromatic rings. The van der Waals surface area contributed by atoms with Crippen molar-refractivity contribution in [1.29, 1.82) is 0 Å². The summed E-state index contributed by atoms with van der Waals surface area (Å²) < 4.78 is 2.37. The molecule has 0 bridgehead atoms. The lowest BCUT2D eigenvalue weighted by Crippen LogP contribution is -2.36. The number of aryl methyl sites for hydroxylation is 1. The highest BCUT2D eigenvalue weighted by atomic mass is 79.9. The van der Waals surface area contributed by atoms with Gasteiger partial charge in [-0.3, -0.25) is 4.79 Å². The first-order chi connectivity index (χ1) is 9.68. The van der Waals surface area contributed by atoms with Crippen LogP contribution in [0.25, 0.3) is 11.0 Å². The van der Waals surface area contributed by atoms with Gasteiger partial charge < -0.3 is 15.0 Å². The fraction of sp³-hybridized carbons (Fsp3) is 0.500. The molecule has 0 saturated heterocycles. The number of carbonyl (C=O) groups is 1. The lowest BCUT2D eigenvalue weighted by atomic mass is 9.84. The van der Waals surface area contributed by atoms with E-state index in [-0.39, 0.29) is 17.9 Å². The van der Waals surface area contributed by atoms with Crippen LogP contribution in [0.5, 0.6) is 0 Å². The molecule has 0 aliphatic rings. The molecule has 0 amide bonds. The molecular weight excluding hydrogens is 336 g/mol. The first-order valence-corrected chi connectivity index (χ1v) is 7.44. The molecule has 2 heterocycles. The van der Waals surface area contributed by atoms with E-state index in [0.717, 1.165) is 11.0 Å². The molecule has 2 rings (SSSR count). The topological polar surface area (TPSA) is 80.0 Å². The van der Waals surface area contributed by atoms with Crippen LogP contribution in [0.4, 0.5) is 5.82 Å². The molecule has 21 heavy (non-hydrogen) atoms. The quantitative estimate of drug-likeness (QED) is 0.824. The summed E-state index contributed by atoms with van der Waals surface area (Å²) in [6.45, 7) is 6.02. The predicted octanol–water partition coefficient (Wildman–Crippen LogP) is 3.03. The summed E-state index contributed by atoms with van der Waals surface area (Å²) in [5.74, 6) is -0.187. The standard InChI is InChI=1S/C14H19BrN4O2/c1-14(2,3)9(7-10(20)21)16-11-8-5-6-19(4)12(8)18-13(15)17-11/h5-6,9H,7H2,1-4H3,(H,20,21)(H,16,17,18). The first kappa shape index (κ1) is 15.8. The normalized spacial score (nSPS) is 13.4. The molecule has 0 radical (unpaired) electrons. The number of carboxylic acid groups (broad SMARTS) is 1. The number of aromatic nitrogens is 3. The zero-order valence-corrected chi connectivity index (χ0v) is 14.1. The molecule has 0 aliphatic carbocycles. The highest BCUT2D eigenvalue weighted by Crippen LogP contribution is 2.29. The highest BCUT2D eigenvalue weighted by Gasteiger charge is 2.28. The number of nitrogens with one attached hydrogen (secondary N) is 1. The Bertz CT molecular complexity index is 675. The molecule has 7 heteroatoms. The minimum Gasteiger partial charge on any atom is -0.481 e. The Labute approximate surface area is 131 Å². The van der Waals surface area contributed by atoms with Crippen molar-refractivity contribution in [2.24, 2.45) is 12.5 Å². The Morgan fingerprint density at radius 1 is 1.48 bits per heavy atom. The second-order valence-corrected chi connectivity index (χ2v) is 6.88. The van der Waals surface area contributed by atoms with Crippen LogP contribution in [0.15, 0.2) is 17.0 Å². The lowest BCUT2D eigenvalue weighted by Gasteiger charge is -2.31. The maximum absolute atomic E-state index is 11.1. The molecule has 114 valence electrons. The summed E-state index contributed by atoms with van der Waals surface area (Å²) in [6.07, 6.45) is 1.93. The number of nitrogens with zero attached hydrogens (tertiary/aromatic N) is 3. The summed E-state index contributed by atoms with van der Waals surface area (Å²) in [5.41, 5.74) is 0.582. The van der Waals surface area contributed by atoms with Gasteiger partial charge in [0.1, 0.15) is 11.5 Å². The zero-order valence-electron chi connectivity index (χ0n) is 12.5. The third-order valence-electron chi connectivity index (χ3n) is 3.43. The van der Waals surface area contributed by atoms with Crippen molar-refractivity contribution in [2.45, 2.75) is 33.2 Å². The number of hydrogen-bond acceptors (Lipinski definition) is 4. The van der Waals surface area contributed by atoms with E-state index in [9.17, 15) is 4.79 Å². The van der Waals surface area contributed by atoms with Crippen molar-refractivity contribution in [2.75, 3.05) is 5.32 Å². The molecule has 6 nitrogen and oxygen atoms in total. The van der Waals surface area contributed by atoms with Crippen LogP contribution in [-0.4, -0.2) is 31.7 Å². The van der Waals surface area contributed by atoms with Gasteiger partial charge in [-0.15, -0.1) is 0 Å². The summed E-state index contributed by atoms with van der Waals surface area (Å²) in [7, 11) is 1.91. The van der Waals surface area contributed by atoms with Gasteiger partial charge in [-0.05, 0) is 27.4 Å². The van der Waals surface area contributed by atoms with E-state index < -0.39 is 5.97 Å². The smallest absolute Gasteiger partial charge is 0.305 e. The Morgan fingerprint density at radius 3 is 2.71 bits per heavy atom. The minimum absolute atomic E-state index is 0.0272. The fourth-order valence-corrected chi connectivity index (χ4v) is 2.48. The van der Waals surface area contributed by atoms with Crippen LogP contribution in [0.2, 0.25) is 0 Å². The maximum atomic E-state index is 11.1. The second kappa shape index (κ2) is 5.63. The van der Waals surface area contributed by atoms with E-state index in [4.69, 9.17) is 5.11 Å². The summed E-state index contributed by atoms with van der Waals surface area (Å²) in [5, 5.41) is 13.3. The molecule has 1 unspecified atom stereocenters. The van der Waals surface area contributed by atoms with Crippen molar-refractivity contribution in [3.05, 3.63) is 17.0 Å². The molecule has 0 aliphatic heterocycles. The SMILES string of the molecule is Cn1ccc2c(NC(CC(=O)O)C(C)(C)C)nc(Br)nc21. The number of hydrogen-bond donors (Lipinski definition) is 2. The summed E-state index contributed by atoms with van der Waals surface area (Å²) in [4.78, 5) is 19.8. The van der Waals surface area contributed by atoms with Gasteiger partial charge in [0.2, 0.25) is 4.73 Å². The number of anilines is 1. The van der Waals surface area contributed by atoms with Crippen LogP contribution in [0.1, 0.15) is 27.2 Å². The minimum atomic E-state index is -0.833. The molecule has 2 aromatic heterocycles. The number of fused-ring (bicyclic) bond motifs is 1. The second-order valence-electron chi connectivity index (χ2n) is 6.17. The van der Waals surface area contributed by atoms with Crippen LogP contribution in [0.3, 0.4) is 0 Å². The van der Waals surface area contributed by atoms with Gasteiger partial charge in [0.25, 0.3) is 0 Å². The highest BCUT2D eigenvalue weighted by molar-refractivity contribution is 9.10. The van der Waals surface area contributed by atoms with Crippen LogP contribution < -0.4 is 5.32 Å². The van der Waals surface area contributed by atoms with E-state index in [1.165, 1.54) is 0 Å². The van der Waals surface area contributed by atoms with E-state index in [1.807, 2.05) is 44.6 Å². The Balaban J connectivity index is 2.43.